The smallest absolute Gasteiger partial charge is 0.255 e. The van der Waals surface area contributed by atoms with Crippen LogP contribution in [-0.2, 0) is 7.05 Å². The number of aromatic nitrogens is 2. The molecule has 1 amide bonds. The molecule has 0 radical (unpaired) electrons. The molecule has 118 valence electrons. The second kappa shape index (κ2) is 7.22. The minimum Gasteiger partial charge on any atom is -0.393 e. The third-order valence-electron chi connectivity index (χ3n) is 3.62. The van der Waals surface area contributed by atoms with Gasteiger partial charge in [0.15, 0.2) is 0 Å². The highest BCUT2D eigenvalue weighted by Gasteiger charge is 2.17. The number of aliphatic hydroxyl groups is 1. The summed E-state index contributed by atoms with van der Waals surface area (Å²) in [6, 6.07) is 9.64. The predicted octanol–water partition coefficient (Wildman–Crippen LogP) is 2.22. The van der Waals surface area contributed by atoms with Crippen LogP contribution in [0.4, 0.5) is 0 Å². The Morgan fingerprint density at radius 2 is 2.00 bits per heavy atom. The Kier molecular flexibility index (Phi) is 5.33. The van der Waals surface area contributed by atoms with Crippen LogP contribution < -0.4 is 5.32 Å². The molecule has 1 atom stereocenters. The van der Waals surface area contributed by atoms with Gasteiger partial charge in [-0.1, -0.05) is 44.2 Å². The van der Waals surface area contributed by atoms with Crippen LogP contribution in [0.3, 0.4) is 0 Å². The van der Waals surface area contributed by atoms with E-state index in [2.05, 4.69) is 10.4 Å². The number of aliphatic hydroxyl groups excluding tert-OH is 1. The SMILES string of the molecule is CC(C)C(O)CCNC(=O)c1cn(C)nc1-c1ccccc1. The van der Waals surface area contributed by atoms with Gasteiger partial charge in [0.1, 0.15) is 5.69 Å². The number of carbonyl (C=O) groups excluding carboxylic acids is 1. The largest absolute Gasteiger partial charge is 0.393 e. The highest BCUT2D eigenvalue weighted by atomic mass is 16.3. The standard InChI is InChI=1S/C17H23N3O2/c1-12(2)15(21)9-10-18-17(22)14-11-20(3)19-16(14)13-7-5-4-6-8-13/h4-8,11-12,15,21H,9-10H2,1-3H3,(H,18,22). The number of hydrogen-bond donors (Lipinski definition) is 2. The Labute approximate surface area is 131 Å². The van der Waals surface area contributed by atoms with E-state index in [-0.39, 0.29) is 11.8 Å². The maximum absolute atomic E-state index is 12.4. The molecule has 1 aromatic heterocycles. The molecule has 0 aliphatic heterocycles. The summed E-state index contributed by atoms with van der Waals surface area (Å²) >= 11 is 0. The molecule has 0 aliphatic carbocycles. The zero-order valence-electron chi connectivity index (χ0n) is 13.3. The second-order valence-corrected chi connectivity index (χ2v) is 5.79. The predicted molar refractivity (Wildman–Crippen MR) is 86.4 cm³/mol. The van der Waals surface area contributed by atoms with E-state index in [4.69, 9.17) is 0 Å². The van der Waals surface area contributed by atoms with Crippen LogP contribution in [-0.4, -0.2) is 33.4 Å². The van der Waals surface area contributed by atoms with Gasteiger partial charge in [0.05, 0.1) is 11.7 Å². The minimum atomic E-state index is -0.400. The lowest BCUT2D eigenvalue weighted by molar-refractivity contribution is 0.0920. The fourth-order valence-electron chi connectivity index (χ4n) is 2.23. The Morgan fingerprint density at radius 3 is 2.64 bits per heavy atom. The molecule has 0 bridgehead atoms. The Bertz CT molecular complexity index is 620. The number of benzene rings is 1. The molecule has 2 rings (SSSR count). The van der Waals surface area contributed by atoms with Gasteiger partial charge < -0.3 is 10.4 Å². The maximum atomic E-state index is 12.4. The van der Waals surface area contributed by atoms with Crippen molar-refractivity contribution in [2.45, 2.75) is 26.4 Å². The van der Waals surface area contributed by atoms with E-state index >= 15 is 0 Å². The van der Waals surface area contributed by atoms with Crippen LogP contribution in [0, 0.1) is 5.92 Å². The third kappa shape index (κ3) is 3.95. The van der Waals surface area contributed by atoms with E-state index in [1.807, 2.05) is 44.2 Å². The van der Waals surface area contributed by atoms with Gasteiger partial charge in [0.2, 0.25) is 0 Å². The fraction of sp³-hybridized carbons (Fsp3) is 0.412. The van der Waals surface area contributed by atoms with E-state index in [1.54, 1.807) is 17.9 Å². The van der Waals surface area contributed by atoms with Crippen molar-refractivity contribution in [1.29, 1.82) is 0 Å². The van der Waals surface area contributed by atoms with E-state index < -0.39 is 6.10 Å². The molecule has 0 spiro atoms. The highest BCUT2D eigenvalue weighted by molar-refractivity contribution is 5.99. The third-order valence-corrected chi connectivity index (χ3v) is 3.62. The number of aryl methyl sites for hydroxylation is 1. The van der Waals surface area contributed by atoms with Crippen molar-refractivity contribution in [2.24, 2.45) is 13.0 Å². The molecule has 1 aromatic carbocycles. The zero-order chi connectivity index (χ0) is 16.1. The first kappa shape index (κ1) is 16.2. The Hall–Kier alpha value is -2.14. The van der Waals surface area contributed by atoms with Gasteiger partial charge in [0, 0.05) is 25.4 Å². The number of nitrogens with one attached hydrogen (secondary N) is 1. The van der Waals surface area contributed by atoms with Crippen LogP contribution >= 0.6 is 0 Å². The molecule has 0 saturated carbocycles. The number of carbonyl (C=O) groups is 1. The Morgan fingerprint density at radius 1 is 1.32 bits per heavy atom. The van der Waals surface area contributed by atoms with Crippen LogP contribution in [0.2, 0.25) is 0 Å². The van der Waals surface area contributed by atoms with Gasteiger partial charge >= 0.3 is 0 Å². The molecule has 1 unspecified atom stereocenters. The van der Waals surface area contributed by atoms with Crippen molar-refractivity contribution in [3.05, 3.63) is 42.1 Å². The monoisotopic (exact) mass is 301 g/mol. The van der Waals surface area contributed by atoms with E-state index in [0.29, 0.717) is 24.2 Å². The lowest BCUT2D eigenvalue weighted by atomic mass is 10.0. The molecule has 5 heteroatoms. The zero-order valence-corrected chi connectivity index (χ0v) is 13.3. The molecule has 2 N–H and O–H groups in total. The number of hydrogen-bond acceptors (Lipinski definition) is 3. The Balaban J connectivity index is 2.07. The molecule has 5 nitrogen and oxygen atoms in total. The maximum Gasteiger partial charge on any atom is 0.255 e. The fourth-order valence-corrected chi connectivity index (χ4v) is 2.23. The van der Waals surface area contributed by atoms with Gasteiger partial charge in [-0.3, -0.25) is 9.48 Å². The normalized spacial score (nSPS) is 12.4. The topological polar surface area (TPSA) is 67.2 Å². The summed E-state index contributed by atoms with van der Waals surface area (Å²) in [4.78, 5) is 12.4. The molecule has 0 aliphatic rings. The van der Waals surface area contributed by atoms with Crippen molar-refractivity contribution >= 4 is 5.91 Å². The van der Waals surface area contributed by atoms with Crippen molar-refractivity contribution in [3.63, 3.8) is 0 Å². The van der Waals surface area contributed by atoms with Crippen LogP contribution in [0.5, 0.6) is 0 Å². The molecular weight excluding hydrogens is 278 g/mol. The first-order chi connectivity index (χ1) is 10.5. The summed E-state index contributed by atoms with van der Waals surface area (Å²) in [5.41, 5.74) is 2.13. The van der Waals surface area contributed by atoms with Crippen molar-refractivity contribution in [1.82, 2.24) is 15.1 Å². The molecule has 0 fully saturated rings. The number of nitrogens with zero attached hydrogens (tertiary/aromatic N) is 2. The number of amides is 1. The minimum absolute atomic E-state index is 0.164. The van der Waals surface area contributed by atoms with E-state index in [9.17, 15) is 9.90 Å². The molecular formula is C17H23N3O2. The van der Waals surface area contributed by atoms with Gasteiger partial charge in [-0.15, -0.1) is 0 Å². The quantitative estimate of drug-likeness (QED) is 0.859. The van der Waals surface area contributed by atoms with Gasteiger partial charge in [-0.25, -0.2) is 0 Å². The summed E-state index contributed by atoms with van der Waals surface area (Å²) in [6.45, 7) is 4.36. The molecule has 1 heterocycles. The lowest BCUT2D eigenvalue weighted by Crippen LogP contribution is -2.28. The second-order valence-electron chi connectivity index (χ2n) is 5.79. The summed E-state index contributed by atoms with van der Waals surface area (Å²) in [6.07, 6.45) is 1.86. The van der Waals surface area contributed by atoms with Gasteiger partial charge in [0.25, 0.3) is 5.91 Å². The lowest BCUT2D eigenvalue weighted by Gasteiger charge is -2.14. The number of rotatable bonds is 6. The summed E-state index contributed by atoms with van der Waals surface area (Å²) in [5, 5.41) is 17.0. The van der Waals surface area contributed by atoms with Crippen molar-refractivity contribution < 1.29 is 9.90 Å². The average molecular weight is 301 g/mol. The summed E-state index contributed by atoms with van der Waals surface area (Å²) < 4.78 is 1.64. The van der Waals surface area contributed by atoms with Crippen LogP contribution in [0.1, 0.15) is 30.6 Å². The van der Waals surface area contributed by atoms with Gasteiger partial charge in [-0.2, -0.15) is 5.10 Å². The van der Waals surface area contributed by atoms with Crippen LogP contribution in [0.25, 0.3) is 11.3 Å². The van der Waals surface area contributed by atoms with Crippen molar-refractivity contribution in [3.8, 4) is 11.3 Å². The first-order valence-corrected chi connectivity index (χ1v) is 7.54. The van der Waals surface area contributed by atoms with E-state index in [0.717, 1.165) is 5.56 Å². The highest BCUT2D eigenvalue weighted by Crippen LogP contribution is 2.21. The molecule has 2 aromatic rings. The molecule has 22 heavy (non-hydrogen) atoms. The van der Waals surface area contributed by atoms with Crippen molar-refractivity contribution in [2.75, 3.05) is 6.54 Å². The first-order valence-electron chi connectivity index (χ1n) is 7.54. The average Bonchev–Trinajstić information content (AvgIpc) is 2.90. The van der Waals surface area contributed by atoms with E-state index in [1.165, 1.54) is 0 Å². The summed E-state index contributed by atoms with van der Waals surface area (Å²) in [5.74, 6) is 0.0260. The molecule has 0 saturated heterocycles. The summed E-state index contributed by atoms with van der Waals surface area (Å²) in [7, 11) is 1.80. The van der Waals surface area contributed by atoms with Gasteiger partial charge in [-0.05, 0) is 12.3 Å². The van der Waals surface area contributed by atoms with Crippen LogP contribution in [0.15, 0.2) is 36.5 Å².